The van der Waals surface area contributed by atoms with E-state index in [0.29, 0.717) is 5.56 Å². The Kier molecular flexibility index (Phi) is 2.09. The van der Waals surface area contributed by atoms with Crippen LogP contribution in [0.5, 0.6) is 5.75 Å². The van der Waals surface area contributed by atoms with E-state index in [2.05, 4.69) is 0 Å². The summed E-state index contributed by atoms with van der Waals surface area (Å²) < 4.78 is 0. The van der Waals surface area contributed by atoms with Crippen LogP contribution in [0.4, 0.5) is 0 Å². The number of phenolic OH excluding ortho intramolecular Hbond substituents is 1. The van der Waals surface area contributed by atoms with Gasteiger partial charge in [0.15, 0.2) is 0 Å². The molecule has 1 rings (SSSR count). The lowest BCUT2D eigenvalue weighted by molar-refractivity contribution is 0.466. The fourth-order valence-corrected chi connectivity index (χ4v) is 0.820. The van der Waals surface area contributed by atoms with Gasteiger partial charge in [0.2, 0.25) is 0 Å². The van der Waals surface area contributed by atoms with Gasteiger partial charge in [0.1, 0.15) is 11.8 Å². The molecule has 11 heavy (non-hydrogen) atoms. The third-order valence-corrected chi connectivity index (χ3v) is 1.41. The quantitative estimate of drug-likeness (QED) is 0.622. The summed E-state index contributed by atoms with van der Waals surface area (Å²) in [6.07, 6.45) is 0. The Morgan fingerprint density at radius 2 is 2.09 bits per heavy atom. The van der Waals surface area contributed by atoms with E-state index in [1.165, 1.54) is 6.07 Å². The van der Waals surface area contributed by atoms with Crippen molar-refractivity contribution in [2.45, 2.75) is 6.04 Å². The molecule has 0 unspecified atom stereocenters. The van der Waals surface area contributed by atoms with Crippen LogP contribution in [0.3, 0.4) is 0 Å². The van der Waals surface area contributed by atoms with E-state index in [0.717, 1.165) is 0 Å². The molecule has 1 atom stereocenters. The third kappa shape index (κ3) is 1.48. The Morgan fingerprint density at radius 1 is 1.45 bits per heavy atom. The van der Waals surface area contributed by atoms with E-state index < -0.39 is 6.04 Å². The molecule has 3 nitrogen and oxygen atoms in total. The van der Waals surface area contributed by atoms with Crippen LogP contribution in [0.25, 0.3) is 0 Å². The van der Waals surface area contributed by atoms with Gasteiger partial charge in [-0.2, -0.15) is 5.26 Å². The minimum absolute atomic E-state index is 0.0709. The highest BCUT2D eigenvalue weighted by Crippen LogP contribution is 2.20. The van der Waals surface area contributed by atoms with E-state index in [-0.39, 0.29) is 5.75 Å². The molecule has 3 heteroatoms. The zero-order chi connectivity index (χ0) is 8.27. The van der Waals surface area contributed by atoms with Crippen LogP contribution in [-0.4, -0.2) is 5.11 Å². The Hall–Kier alpha value is -1.53. The minimum Gasteiger partial charge on any atom is -0.508 e. The van der Waals surface area contributed by atoms with E-state index in [1.54, 1.807) is 18.2 Å². The Bertz CT molecular complexity index is 290. The van der Waals surface area contributed by atoms with E-state index in [1.807, 2.05) is 6.07 Å². The van der Waals surface area contributed by atoms with Crippen molar-refractivity contribution < 1.29 is 5.11 Å². The highest BCUT2D eigenvalue weighted by molar-refractivity contribution is 5.36. The SMILES string of the molecule is N#C[C@H](N)c1ccccc1O. The molecule has 0 aliphatic heterocycles. The molecular weight excluding hydrogens is 140 g/mol. The van der Waals surface area contributed by atoms with Crippen LogP contribution < -0.4 is 5.73 Å². The van der Waals surface area contributed by atoms with Crippen LogP contribution >= 0.6 is 0 Å². The van der Waals surface area contributed by atoms with E-state index in [9.17, 15) is 5.11 Å². The molecule has 0 heterocycles. The minimum atomic E-state index is -0.740. The number of nitrogens with zero attached hydrogens (tertiary/aromatic N) is 1. The maximum Gasteiger partial charge on any atom is 0.122 e. The molecule has 1 aromatic rings. The van der Waals surface area contributed by atoms with Gasteiger partial charge in [-0.25, -0.2) is 0 Å². The van der Waals surface area contributed by atoms with Gasteiger partial charge >= 0.3 is 0 Å². The maximum atomic E-state index is 9.18. The molecule has 0 aliphatic carbocycles. The molecular formula is C8H8N2O. The molecule has 3 N–H and O–H groups in total. The van der Waals surface area contributed by atoms with Gasteiger partial charge in [0.05, 0.1) is 6.07 Å². The average molecular weight is 148 g/mol. The van der Waals surface area contributed by atoms with Gasteiger partial charge in [-0.05, 0) is 6.07 Å². The second-order valence-corrected chi connectivity index (χ2v) is 2.17. The summed E-state index contributed by atoms with van der Waals surface area (Å²) in [5.74, 6) is 0.0709. The summed E-state index contributed by atoms with van der Waals surface area (Å²) in [4.78, 5) is 0. The number of hydrogen-bond acceptors (Lipinski definition) is 3. The molecule has 0 aromatic heterocycles. The van der Waals surface area contributed by atoms with Crippen molar-refractivity contribution in [1.82, 2.24) is 0 Å². The van der Waals surface area contributed by atoms with Crippen LogP contribution in [-0.2, 0) is 0 Å². The van der Waals surface area contributed by atoms with Crippen LogP contribution in [0.2, 0.25) is 0 Å². The van der Waals surface area contributed by atoms with Crippen molar-refractivity contribution in [1.29, 1.82) is 5.26 Å². The van der Waals surface area contributed by atoms with Gasteiger partial charge in [-0.15, -0.1) is 0 Å². The predicted octanol–water partition coefficient (Wildman–Crippen LogP) is 0.916. The number of nitriles is 1. The van der Waals surface area contributed by atoms with Crippen molar-refractivity contribution in [3.8, 4) is 11.8 Å². The molecule has 56 valence electrons. The molecule has 0 amide bonds. The summed E-state index contributed by atoms with van der Waals surface area (Å²) in [6, 6.07) is 7.65. The van der Waals surface area contributed by atoms with E-state index in [4.69, 9.17) is 11.0 Å². The first-order valence-electron chi connectivity index (χ1n) is 3.19. The van der Waals surface area contributed by atoms with Crippen molar-refractivity contribution in [3.05, 3.63) is 29.8 Å². The zero-order valence-corrected chi connectivity index (χ0v) is 5.86. The average Bonchev–Trinajstić information content (AvgIpc) is 2.04. The first-order valence-corrected chi connectivity index (χ1v) is 3.19. The molecule has 0 spiro atoms. The number of benzene rings is 1. The van der Waals surface area contributed by atoms with Gasteiger partial charge in [-0.1, -0.05) is 18.2 Å². The smallest absolute Gasteiger partial charge is 0.122 e. The van der Waals surface area contributed by atoms with Crippen molar-refractivity contribution in [2.24, 2.45) is 5.73 Å². The molecule has 0 saturated heterocycles. The summed E-state index contributed by atoms with van der Waals surface area (Å²) in [5.41, 5.74) is 5.84. The summed E-state index contributed by atoms with van der Waals surface area (Å²) in [6.45, 7) is 0. The predicted molar refractivity (Wildman–Crippen MR) is 40.6 cm³/mol. The Balaban J connectivity index is 3.05. The topological polar surface area (TPSA) is 70.0 Å². The first kappa shape index (κ1) is 7.58. The summed E-state index contributed by atoms with van der Waals surface area (Å²) in [7, 11) is 0. The van der Waals surface area contributed by atoms with Crippen molar-refractivity contribution >= 4 is 0 Å². The van der Waals surface area contributed by atoms with E-state index >= 15 is 0 Å². The highest BCUT2D eigenvalue weighted by Gasteiger charge is 2.07. The number of hydrogen-bond donors (Lipinski definition) is 2. The molecule has 0 fully saturated rings. The standard InChI is InChI=1S/C8H8N2O/c9-5-7(10)6-3-1-2-4-8(6)11/h1-4,7,11H,10H2/t7-/m0/s1. The monoisotopic (exact) mass is 148 g/mol. The van der Waals surface area contributed by atoms with Crippen LogP contribution in [0.15, 0.2) is 24.3 Å². The molecule has 0 radical (unpaired) electrons. The number of aromatic hydroxyl groups is 1. The van der Waals surface area contributed by atoms with Crippen molar-refractivity contribution in [3.63, 3.8) is 0 Å². The Morgan fingerprint density at radius 3 is 2.64 bits per heavy atom. The Labute approximate surface area is 64.7 Å². The van der Waals surface area contributed by atoms with Crippen molar-refractivity contribution in [2.75, 3.05) is 0 Å². The lowest BCUT2D eigenvalue weighted by Crippen LogP contribution is -2.06. The van der Waals surface area contributed by atoms with Gasteiger partial charge < -0.3 is 10.8 Å². The van der Waals surface area contributed by atoms with Gasteiger partial charge in [-0.3, -0.25) is 0 Å². The lowest BCUT2D eigenvalue weighted by atomic mass is 10.1. The maximum absolute atomic E-state index is 9.18. The van der Waals surface area contributed by atoms with Gasteiger partial charge in [0.25, 0.3) is 0 Å². The normalized spacial score (nSPS) is 12.0. The number of rotatable bonds is 1. The molecule has 0 bridgehead atoms. The number of phenols is 1. The fourth-order valence-electron chi connectivity index (χ4n) is 0.820. The van der Waals surface area contributed by atoms with Gasteiger partial charge in [0, 0.05) is 5.56 Å². The molecule has 1 aromatic carbocycles. The third-order valence-electron chi connectivity index (χ3n) is 1.41. The lowest BCUT2D eigenvalue weighted by Gasteiger charge is -2.03. The molecule has 0 aliphatic rings. The molecule has 0 saturated carbocycles. The van der Waals surface area contributed by atoms with Crippen LogP contribution in [0.1, 0.15) is 11.6 Å². The number of para-hydroxylation sites is 1. The van der Waals surface area contributed by atoms with Crippen LogP contribution in [0, 0.1) is 11.3 Å². The summed E-state index contributed by atoms with van der Waals surface area (Å²) >= 11 is 0. The fraction of sp³-hybridized carbons (Fsp3) is 0.125. The highest BCUT2D eigenvalue weighted by atomic mass is 16.3. The number of nitrogens with two attached hydrogens (primary N) is 1. The first-order chi connectivity index (χ1) is 5.25. The zero-order valence-electron chi connectivity index (χ0n) is 5.86. The largest absolute Gasteiger partial charge is 0.508 e. The second kappa shape index (κ2) is 3.04. The second-order valence-electron chi connectivity index (χ2n) is 2.17. The summed E-state index contributed by atoms with van der Waals surface area (Å²) in [5, 5.41) is 17.6.